The molecule has 4 atom stereocenters. The zero-order valence-corrected chi connectivity index (χ0v) is 28.0. The Kier molecular flexibility index (Phi) is 11.4. The third-order valence-corrected chi connectivity index (χ3v) is 13.8. The van der Waals surface area contributed by atoms with Gasteiger partial charge in [-0.2, -0.15) is 0 Å². The van der Waals surface area contributed by atoms with Crippen LogP contribution in [0.25, 0.3) is 0 Å². The fourth-order valence-corrected chi connectivity index (χ4v) is 10.4. The molecule has 5 aromatic carbocycles. The van der Waals surface area contributed by atoms with Crippen LogP contribution >= 0.6 is 0 Å². The summed E-state index contributed by atoms with van der Waals surface area (Å²) < 4.78 is 25.6. The Hall–Kier alpha value is -3.88. The highest BCUT2D eigenvalue weighted by atomic mass is 28.3. The number of methoxy groups -OCH3 is 3. The molecule has 0 heterocycles. The molecule has 0 aliphatic rings. The van der Waals surface area contributed by atoms with E-state index in [0.717, 1.165) is 27.1 Å². The number of benzene rings is 5. The van der Waals surface area contributed by atoms with Gasteiger partial charge in [-0.15, -0.1) is 0 Å². The highest BCUT2D eigenvalue weighted by molar-refractivity contribution is 7.02. The predicted molar refractivity (Wildman–Crippen MR) is 187 cm³/mol. The highest BCUT2D eigenvalue weighted by Gasteiger charge is 2.49. The summed E-state index contributed by atoms with van der Waals surface area (Å²) in [7, 11) is 2.12. The standard InChI is InChI=1S/C40H44O5Si/c1-42-36(30-45-40(31-20-10-5-11-21-31,32-22-12-6-13-23-32)33-24-14-7-15-25-33)37(43-2)38(44-3)39(41)46(4,34-26-16-8-17-27-34)35-28-18-9-19-29-35/h5-29,36-39,41H,30H2,1-4H3/t36-,37-,38+,39?/m1/s1. The van der Waals surface area contributed by atoms with Crippen molar-refractivity contribution in [3.8, 4) is 0 Å². The lowest BCUT2D eigenvalue weighted by Crippen LogP contribution is -2.70. The summed E-state index contributed by atoms with van der Waals surface area (Å²) in [6.45, 7) is 2.35. The molecule has 0 amide bonds. The fraction of sp³-hybridized carbons (Fsp3) is 0.250. The van der Waals surface area contributed by atoms with Gasteiger partial charge < -0.3 is 24.1 Å². The number of rotatable bonds is 15. The lowest BCUT2D eigenvalue weighted by molar-refractivity contribution is -0.155. The molecule has 1 unspecified atom stereocenters. The van der Waals surface area contributed by atoms with Crippen LogP contribution < -0.4 is 10.4 Å². The molecule has 0 saturated carbocycles. The van der Waals surface area contributed by atoms with Crippen LogP contribution in [0, 0.1) is 0 Å². The molecule has 238 valence electrons. The second-order valence-electron chi connectivity index (χ2n) is 11.6. The van der Waals surface area contributed by atoms with Gasteiger partial charge in [-0.05, 0) is 16.7 Å². The number of hydrogen-bond donors (Lipinski definition) is 1. The smallest absolute Gasteiger partial charge is 0.149 e. The lowest BCUT2D eigenvalue weighted by Gasteiger charge is -2.42. The first-order valence-electron chi connectivity index (χ1n) is 15.7. The molecule has 6 heteroatoms. The van der Waals surface area contributed by atoms with Gasteiger partial charge in [0.05, 0.1) is 12.3 Å². The van der Waals surface area contributed by atoms with Crippen molar-refractivity contribution >= 4 is 18.4 Å². The average molecular weight is 633 g/mol. The van der Waals surface area contributed by atoms with Crippen molar-refractivity contribution in [2.45, 2.75) is 36.2 Å². The van der Waals surface area contributed by atoms with Gasteiger partial charge in [-0.1, -0.05) is 169 Å². The average Bonchev–Trinajstić information content (AvgIpc) is 3.14. The van der Waals surface area contributed by atoms with E-state index >= 15 is 0 Å². The molecule has 5 aromatic rings. The van der Waals surface area contributed by atoms with E-state index in [2.05, 4.69) is 67.2 Å². The van der Waals surface area contributed by atoms with Gasteiger partial charge in [0.2, 0.25) is 0 Å². The van der Waals surface area contributed by atoms with E-state index in [1.807, 2.05) is 91.0 Å². The van der Waals surface area contributed by atoms with Gasteiger partial charge >= 0.3 is 0 Å². The SMILES string of the molecule is CO[C@@H]([C@H](OC)C(O)[Si](C)(c1ccccc1)c1ccccc1)[C@@H](COC(c1ccccc1)(c1ccccc1)c1ccccc1)OC. The number of aliphatic hydroxyl groups is 1. The molecule has 0 radical (unpaired) electrons. The van der Waals surface area contributed by atoms with E-state index in [9.17, 15) is 5.11 Å². The van der Waals surface area contributed by atoms with E-state index in [-0.39, 0.29) is 6.61 Å². The summed E-state index contributed by atoms with van der Waals surface area (Å²) in [5, 5.41) is 14.6. The summed E-state index contributed by atoms with van der Waals surface area (Å²) in [6, 6.07) is 51.2. The predicted octanol–water partition coefficient (Wildman–Crippen LogP) is 5.83. The number of hydrogen-bond acceptors (Lipinski definition) is 5. The Morgan fingerprint density at radius 3 is 1.20 bits per heavy atom. The maximum absolute atomic E-state index is 12.4. The quantitative estimate of drug-likeness (QED) is 0.116. The maximum atomic E-state index is 12.4. The van der Waals surface area contributed by atoms with Crippen molar-refractivity contribution in [2.75, 3.05) is 27.9 Å². The van der Waals surface area contributed by atoms with Crippen LogP contribution in [0.5, 0.6) is 0 Å². The Labute approximate surface area is 274 Å². The van der Waals surface area contributed by atoms with Crippen molar-refractivity contribution in [3.05, 3.63) is 168 Å². The van der Waals surface area contributed by atoms with Crippen LogP contribution in [0.4, 0.5) is 0 Å². The van der Waals surface area contributed by atoms with E-state index in [1.54, 1.807) is 21.3 Å². The second-order valence-corrected chi connectivity index (χ2v) is 15.8. The minimum Gasteiger partial charge on any atom is -0.393 e. The third kappa shape index (κ3) is 6.64. The van der Waals surface area contributed by atoms with Crippen LogP contribution in [0.1, 0.15) is 16.7 Å². The molecule has 5 nitrogen and oxygen atoms in total. The normalized spacial score (nSPS) is 14.7. The zero-order chi connectivity index (χ0) is 32.4. The van der Waals surface area contributed by atoms with Gasteiger partial charge in [-0.3, -0.25) is 0 Å². The van der Waals surface area contributed by atoms with Crippen molar-refractivity contribution < 1.29 is 24.1 Å². The van der Waals surface area contributed by atoms with Crippen molar-refractivity contribution in [2.24, 2.45) is 0 Å². The lowest BCUT2D eigenvalue weighted by atomic mass is 9.80. The van der Waals surface area contributed by atoms with Crippen molar-refractivity contribution in [1.82, 2.24) is 0 Å². The van der Waals surface area contributed by atoms with Gasteiger partial charge in [0.1, 0.15) is 32.0 Å². The minimum absolute atomic E-state index is 0.162. The van der Waals surface area contributed by atoms with Gasteiger partial charge in [0.25, 0.3) is 0 Å². The first kappa shape index (κ1) is 33.5. The number of aliphatic hydroxyl groups excluding tert-OH is 1. The van der Waals surface area contributed by atoms with E-state index < -0.39 is 37.7 Å². The Bertz CT molecular complexity index is 1450. The van der Waals surface area contributed by atoms with Crippen LogP contribution in [0.15, 0.2) is 152 Å². The summed E-state index contributed by atoms with van der Waals surface area (Å²) in [6.07, 6.45) is -1.94. The van der Waals surface area contributed by atoms with Crippen molar-refractivity contribution in [3.63, 3.8) is 0 Å². The van der Waals surface area contributed by atoms with Crippen LogP contribution in [0.3, 0.4) is 0 Å². The Morgan fingerprint density at radius 1 is 0.522 bits per heavy atom. The molecule has 1 N–H and O–H groups in total. The fourth-order valence-electron chi connectivity index (χ4n) is 6.62. The second kappa shape index (κ2) is 15.6. The highest BCUT2D eigenvalue weighted by Crippen LogP contribution is 2.41. The summed E-state index contributed by atoms with van der Waals surface area (Å²) >= 11 is 0. The Balaban J connectivity index is 1.54. The molecule has 0 fully saturated rings. The van der Waals surface area contributed by atoms with Crippen LogP contribution in [-0.2, 0) is 24.5 Å². The molecule has 0 bridgehead atoms. The van der Waals surface area contributed by atoms with Crippen LogP contribution in [0.2, 0.25) is 6.55 Å². The summed E-state index contributed by atoms with van der Waals surface area (Å²) in [5.74, 6) is 0. The molecule has 46 heavy (non-hydrogen) atoms. The minimum atomic E-state index is -2.79. The summed E-state index contributed by atoms with van der Waals surface area (Å²) in [5.41, 5.74) is 1.18. The molecule has 5 rings (SSSR count). The molecule has 0 aromatic heterocycles. The van der Waals surface area contributed by atoms with E-state index in [1.165, 1.54) is 0 Å². The maximum Gasteiger partial charge on any atom is 0.149 e. The molecule has 0 aliphatic heterocycles. The topological polar surface area (TPSA) is 57.2 Å². The van der Waals surface area contributed by atoms with Gasteiger partial charge in [-0.25, -0.2) is 0 Å². The van der Waals surface area contributed by atoms with E-state index in [0.29, 0.717) is 0 Å². The van der Waals surface area contributed by atoms with E-state index in [4.69, 9.17) is 18.9 Å². The summed E-state index contributed by atoms with van der Waals surface area (Å²) in [4.78, 5) is 0. The van der Waals surface area contributed by atoms with Gasteiger partial charge in [0.15, 0.2) is 0 Å². The molecule has 0 saturated heterocycles. The van der Waals surface area contributed by atoms with Crippen molar-refractivity contribution in [1.29, 1.82) is 0 Å². The number of ether oxygens (including phenoxy) is 4. The van der Waals surface area contributed by atoms with Crippen LogP contribution in [-0.4, -0.2) is 65.2 Å². The largest absolute Gasteiger partial charge is 0.393 e. The third-order valence-electron chi connectivity index (χ3n) is 9.19. The zero-order valence-electron chi connectivity index (χ0n) is 27.0. The Morgan fingerprint density at radius 2 is 0.870 bits per heavy atom. The molecule has 0 aliphatic carbocycles. The molecule has 0 spiro atoms. The van der Waals surface area contributed by atoms with Gasteiger partial charge in [0, 0.05) is 21.3 Å². The monoisotopic (exact) mass is 632 g/mol. The first-order valence-corrected chi connectivity index (χ1v) is 18.3. The molecular formula is C40H44O5Si. The molecular weight excluding hydrogens is 589 g/mol. The first-order chi connectivity index (χ1) is 22.5.